The van der Waals surface area contributed by atoms with E-state index in [0.29, 0.717) is 22.1 Å². The Hall–Kier alpha value is -2.22. The smallest absolute Gasteiger partial charge is 0.336 e. The minimum atomic E-state index is -0.940. The average molecular weight is 445 g/mol. The zero-order chi connectivity index (χ0) is 21.1. The van der Waals surface area contributed by atoms with E-state index in [1.54, 1.807) is 18.3 Å². The van der Waals surface area contributed by atoms with Crippen LogP contribution in [0.4, 0.5) is 5.95 Å². The molecule has 2 aromatic heterocycles. The van der Waals surface area contributed by atoms with Crippen LogP contribution >= 0.6 is 22.9 Å². The van der Waals surface area contributed by atoms with Crippen molar-refractivity contribution in [1.29, 1.82) is 0 Å². The molecule has 0 spiro atoms. The second-order valence-electron chi connectivity index (χ2n) is 7.86. The summed E-state index contributed by atoms with van der Waals surface area (Å²) in [6, 6.07) is 7.12. The number of hydrogen-bond donors (Lipinski definition) is 2. The lowest BCUT2D eigenvalue weighted by Crippen LogP contribution is -2.32. The number of aromatic nitrogens is 2. The highest BCUT2D eigenvalue weighted by atomic mass is 35.5. The van der Waals surface area contributed by atoms with Crippen LogP contribution in [0.2, 0.25) is 5.02 Å². The normalized spacial score (nSPS) is 17.3. The number of benzene rings is 1. The van der Waals surface area contributed by atoms with Crippen molar-refractivity contribution in [2.75, 3.05) is 32.0 Å². The van der Waals surface area contributed by atoms with E-state index in [1.165, 1.54) is 43.7 Å². The molecule has 1 aliphatic heterocycles. The van der Waals surface area contributed by atoms with E-state index in [1.807, 2.05) is 12.1 Å². The Morgan fingerprint density at radius 3 is 3.10 bits per heavy atom. The highest BCUT2D eigenvalue weighted by Crippen LogP contribution is 2.37. The van der Waals surface area contributed by atoms with Gasteiger partial charge in [0.1, 0.15) is 5.69 Å². The van der Waals surface area contributed by atoms with Gasteiger partial charge < -0.3 is 15.3 Å². The molecule has 1 aliphatic rings. The lowest BCUT2D eigenvalue weighted by Gasteiger charge is -2.29. The molecule has 1 aromatic carbocycles. The van der Waals surface area contributed by atoms with Crippen LogP contribution < -0.4 is 5.32 Å². The molecule has 158 valence electrons. The monoisotopic (exact) mass is 444 g/mol. The summed E-state index contributed by atoms with van der Waals surface area (Å²) < 4.78 is 0.895. The van der Waals surface area contributed by atoms with Crippen LogP contribution in [0.1, 0.15) is 36.0 Å². The topological polar surface area (TPSA) is 78.4 Å². The fraction of sp³-hybridized carbons (Fsp3) is 0.409. The Bertz CT molecular complexity index is 1050. The maximum absolute atomic E-state index is 11.5. The Morgan fingerprint density at radius 2 is 2.30 bits per heavy atom. The highest BCUT2D eigenvalue weighted by molar-refractivity contribution is 7.22. The molecule has 4 rings (SSSR count). The molecule has 0 radical (unpaired) electrons. The van der Waals surface area contributed by atoms with Gasteiger partial charge in [0.2, 0.25) is 5.95 Å². The van der Waals surface area contributed by atoms with Gasteiger partial charge in [-0.2, -0.15) is 0 Å². The van der Waals surface area contributed by atoms with Gasteiger partial charge in [-0.15, -0.1) is 11.3 Å². The number of anilines is 1. The Morgan fingerprint density at radius 1 is 1.43 bits per heavy atom. The number of hydrogen-bond acceptors (Lipinski definition) is 6. The Labute approximate surface area is 184 Å². The molecule has 2 N–H and O–H groups in total. The summed E-state index contributed by atoms with van der Waals surface area (Å²) in [6.45, 7) is 3.21. The molecule has 0 saturated carbocycles. The van der Waals surface area contributed by atoms with Crippen LogP contribution in [-0.4, -0.2) is 52.6 Å². The van der Waals surface area contributed by atoms with E-state index in [9.17, 15) is 9.90 Å². The first-order valence-corrected chi connectivity index (χ1v) is 11.4. The minimum absolute atomic E-state index is 0.284. The number of carboxylic acid groups (broad SMARTS) is 1. The van der Waals surface area contributed by atoms with Gasteiger partial charge in [-0.05, 0) is 63.4 Å². The predicted molar refractivity (Wildman–Crippen MR) is 123 cm³/mol. The van der Waals surface area contributed by atoms with Gasteiger partial charge in [-0.3, -0.25) is 0 Å². The molecule has 0 amide bonds. The van der Waals surface area contributed by atoms with Crippen molar-refractivity contribution in [3.8, 4) is 10.6 Å². The molecule has 1 unspecified atom stereocenters. The van der Waals surface area contributed by atoms with Gasteiger partial charge >= 0.3 is 5.97 Å². The summed E-state index contributed by atoms with van der Waals surface area (Å²) in [4.78, 5) is 23.7. The fourth-order valence-corrected chi connectivity index (χ4v) is 5.43. The first-order chi connectivity index (χ1) is 14.5. The SMILES string of the molecule is CN1CCCC(CCCNc2ncc(Cl)c(-c3cc4c(C(=O)O)cccc4s3)n2)C1. The first-order valence-electron chi connectivity index (χ1n) is 10.2. The first kappa shape index (κ1) is 21.0. The number of likely N-dealkylation sites (tertiary alicyclic amines) is 1. The summed E-state index contributed by atoms with van der Waals surface area (Å²) in [5, 5.41) is 13.9. The summed E-state index contributed by atoms with van der Waals surface area (Å²) >= 11 is 7.85. The van der Waals surface area contributed by atoms with Crippen LogP contribution in [0.5, 0.6) is 0 Å². The number of halogens is 1. The molecule has 30 heavy (non-hydrogen) atoms. The third kappa shape index (κ3) is 4.74. The van der Waals surface area contributed by atoms with Crippen molar-refractivity contribution in [3.63, 3.8) is 0 Å². The summed E-state index contributed by atoms with van der Waals surface area (Å²) in [7, 11) is 2.20. The van der Waals surface area contributed by atoms with Crippen LogP contribution in [0.15, 0.2) is 30.5 Å². The second kappa shape index (κ2) is 9.29. The lowest BCUT2D eigenvalue weighted by molar-refractivity contribution is 0.0699. The van der Waals surface area contributed by atoms with Crippen LogP contribution in [0, 0.1) is 5.92 Å². The summed E-state index contributed by atoms with van der Waals surface area (Å²) in [5.74, 6) is 0.380. The molecule has 1 saturated heterocycles. The minimum Gasteiger partial charge on any atom is -0.478 e. The average Bonchev–Trinajstić information content (AvgIpc) is 3.16. The maximum atomic E-state index is 11.5. The number of rotatable bonds is 7. The van der Waals surface area contributed by atoms with Gasteiger partial charge in [-0.1, -0.05) is 17.7 Å². The van der Waals surface area contributed by atoms with E-state index in [2.05, 4.69) is 27.2 Å². The van der Waals surface area contributed by atoms with Gasteiger partial charge in [0, 0.05) is 23.2 Å². The zero-order valence-electron chi connectivity index (χ0n) is 16.9. The number of piperidine rings is 1. The van der Waals surface area contributed by atoms with Gasteiger partial charge in [0.15, 0.2) is 0 Å². The van der Waals surface area contributed by atoms with E-state index in [4.69, 9.17) is 11.6 Å². The third-order valence-electron chi connectivity index (χ3n) is 5.56. The number of thiophene rings is 1. The molecular formula is C22H25ClN4O2S. The van der Waals surface area contributed by atoms with Crippen molar-refractivity contribution in [2.45, 2.75) is 25.7 Å². The molecule has 8 heteroatoms. The van der Waals surface area contributed by atoms with E-state index < -0.39 is 5.97 Å². The van der Waals surface area contributed by atoms with Crippen molar-refractivity contribution in [3.05, 3.63) is 41.0 Å². The van der Waals surface area contributed by atoms with Crippen LogP contribution in [0.25, 0.3) is 20.7 Å². The molecule has 1 atom stereocenters. The number of fused-ring (bicyclic) bond motifs is 1. The fourth-order valence-electron chi connectivity index (χ4n) is 4.09. The largest absolute Gasteiger partial charge is 0.478 e. The van der Waals surface area contributed by atoms with E-state index >= 15 is 0 Å². The van der Waals surface area contributed by atoms with Gasteiger partial charge in [0.05, 0.1) is 21.7 Å². The van der Waals surface area contributed by atoms with Crippen molar-refractivity contribution in [1.82, 2.24) is 14.9 Å². The Kier molecular flexibility index (Phi) is 6.51. The number of nitrogens with zero attached hydrogens (tertiary/aromatic N) is 3. The third-order valence-corrected chi connectivity index (χ3v) is 6.95. The van der Waals surface area contributed by atoms with Crippen molar-refractivity contribution >= 4 is 44.9 Å². The number of aromatic carboxylic acids is 1. The predicted octanol–water partition coefficient (Wildman–Crippen LogP) is 5.24. The van der Waals surface area contributed by atoms with Gasteiger partial charge in [0.25, 0.3) is 0 Å². The van der Waals surface area contributed by atoms with Crippen molar-refractivity contribution in [2.24, 2.45) is 5.92 Å². The van der Waals surface area contributed by atoms with Crippen LogP contribution in [-0.2, 0) is 0 Å². The molecule has 1 fully saturated rings. The lowest BCUT2D eigenvalue weighted by atomic mass is 9.94. The number of carbonyl (C=O) groups is 1. The summed E-state index contributed by atoms with van der Waals surface area (Å²) in [6.07, 6.45) is 6.48. The second-order valence-corrected chi connectivity index (χ2v) is 9.35. The molecular weight excluding hydrogens is 420 g/mol. The summed E-state index contributed by atoms with van der Waals surface area (Å²) in [5.41, 5.74) is 0.910. The molecule has 3 aromatic rings. The Balaban J connectivity index is 1.45. The highest BCUT2D eigenvalue weighted by Gasteiger charge is 2.17. The number of nitrogens with one attached hydrogen (secondary N) is 1. The molecule has 3 heterocycles. The van der Waals surface area contributed by atoms with Gasteiger partial charge in [-0.25, -0.2) is 14.8 Å². The van der Waals surface area contributed by atoms with E-state index in [0.717, 1.165) is 28.5 Å². The molecule has 0 aliphatic carbocycles. The molecule has 0 bridgehead atoms. The molecule has 6 nitrogen and oxygen atoms in total. The zero-order valence-corrected chi connectivity index (χ0v) is 18.5. The quantitative estimate of drug-likeness (QED) is 0.485. The number of carboxylic acids is 1. The standard InChI is InChI=1S/C22H25ClN4O2S/c1-27-10-4-6-14(13-27)5-3-9-24-22-25-12-17(23)20(26-22)19-11-16-15(21(28)29)7-2-8-18(16)30-19/h2,7-8,11-12,14H,3-6,9-10,13H2,1H3,(H,28,29)(H,24,25,26). The van der Waals surface area contributed by atoms with Crippen LogP contribution in [0.3, 0.4) is 0 Å². The maximum Gasteiger partial charge on any atom is 0.336 e. The van der Waals surface area contributed by atoms with Crippen molar-refractivity contribution < 1.29 is 9.90 Å². The van der Waals surface area contributed by atoms with E-state index in [-0.39, 0.29) is 5.56 Å².